The molecule has 0 bridgehead atoms. The zero-order chi connectivity index (χ0) is 13.2. The molecule has 0 aliphatic heterocycles. The topological polar surface area (TPSA) is 64.9 Å². The molecule has 0 amide bonds. The van der Waals surface area contributed by atoms with Gasteiger partial charge in [0.15, 0.2) is 0 Å². The molecule has 2 aromatic rings. The van der Waals surface area contributed by atoms with Crippen molar-refractivity contribution in [3.05, 3.63) is 35.7 Å². The van der Waals surface area contributed by atoms with Crippen LogP contribution in [0.4, 0.5) is 13.2 Å². The summed E-state index contributed by atoms with van der Waals surface area (Å²) in [4.78, 5) is 3.95. The zero-order valence-electron chi connectivity index (χ0n) is 9.24. The molecule has 0 atom stereocenters. The summed E-state index contributed by atoms with van der Waals surface area (Å²) in [5.74, 6) is 0.477. The number of halogens is 3. The summed E-state index contributed by atoms with van der Waals surface area (Å²) in [5, 5.41) is 3.65. The molecule has 0 spiro atoms. The van der Waals surface area contributed by atoms with Gasteiger partial charge in [-0.15, -0.1) is 0 Å². The van der Waals surface area contributed by atoms with Crippen LogP contribution in [0.3, 0.4) is 0 Å². The van der Waals surface area contributed by atoms with Crippen molar-refractivity contribution >= 4 is 0 Å². The van der Waals surface area contributed by atoms with E-state index < -0.39 is 12.6 Å². The molecule has 1 aromatic heterocycles. The minimum atomic E-state index is -4.24. The van der Waals surface area contributed by atoms with Crippen molar-refractivity contribution in [2.75, 3.05) is 0 Å². The molecule has 2 N–H and O–H groups in total. The first-order valence-corrected chi connectivity index (χ1v) is 5.16. The van der Waals surface area contributed by atoms with Crippen molar-refractivity contribution in [1.29, 1.82) is 0 Å². The van der Waals surface area contributed by atoms with Crippen molar-refractivity contribution < 1.29 is 17.7 Å². The standard InChI is InChI=1S/C11H10F3N3O/c12-11(13,14)5-7-2-1-3-8(4-7)10-16-9(6-15)18-17-10/h1-4H,5-6,15H2. The van der Waals surface area contributed by atoms with Gasteiger partial charge in [-0.1, -0.05) is 23.4 Å². The third-order valence-corrected chi connectivity index (χ3v) is 2.23. The van der Waals surface area contributed by atoms with Crippen LogP contribution in [-0.4, -0.2) is 16.3 Å². The monoisotopic (exact) mass is 257 g/mol. The Morgan fingerprint density at radius 2 is 2.06 bits per heavy atom. The first-order chi connectivity index (χ1) is 8.48. The maximum atomic E-state index is 12.3. The number of benzene rings is 1. The van der Waals surface area contributed by atoms with Gasteiger partial charge in [-0.2, -0.15) is 18.2 Å². The van der Waals surface area contributed by atoms with Crippen LogP contribution >= 0.6 is 0 Å². The maximum absolute atomic E-state index is 12.3. The fourth-order valence-corrected chi connectivity index (χ4v) is 1.51. The molecule has 7 heteroatoms. The van der Waals surface area contributed by atoms with E-state index in [-0.39, 0.29) is 23.8 Å². The molecule has 1 heterocycles. The summed E-state index contributed by atoms with van der Waals surface area (Å²) in [6.07, 6.45) is -5.22. The second-order valence-corrected chi connectivity index (χ2v) is 3.71. The lowest BCUT2D eigenvalue weighted by molar-refractivity contribution is -0.127. The third kappa shape index (κ3) is 3.07. The molecule has 0 aliphatic rings. The van der Waals surface area contributed by atoms with Crippen LogP contribution in [0.25, 0.3) is 11.4 Å². The van der Waals surface area contributed by atoms with Crippen molar-refractivity contribution in [3.8, 4) is 11.4 Å². The van der Waals surface area contributed by atoms with Gasteiger partial charge in [-0.25, -0.2) is 0 Å². The summed E-state index contributed by atoms with van der Waals surface area (Å²) >= 11 is 0. The number of nitrogens with two attached hydrogens (primary N) is 1. The molecule has 0 aliphatic carbocycles. The Morgan fingerprint density at radius 3 is 2.67 bits per heavy atom. The van der Waals surface area contributed by atoms with Gasteiger partial charge in [-0.3, -0.25) is 0 Å². The van der Waals surface area contributed by atoms with Gasteiger partial charge in [0.1, 0.15) is 0 Å². The summed E-state index contributed by atoms with van der Waals surface area (Å²) in [6, 6.07) is 5.93. The predicted molar refractivity (Wildman–Crippen MR) is 57.4 cm³/mol. The fourth-order valence-electron chi connectivity index (χ4n) is 1.51. The largest absolute Gasteiger partial charge is 0.393 e. The first-order valence-electron chi connectivity index (χ1n) is 5.16. The Balaban J connectivity index is 2.26. The summed E-state index contributed by atoms with van der Waals surface area (Å²) in [6.45, 7) is 0.0925. The minimum absolute atomic E-state index is 0.0925. The number of hydrogen-bond acceptors (Lipinski definition) is 4. The van der Waals surface area contributed by atoms with Crippen molar-refractivity contribution in [2.45, 2.75) is 19.1 Å². The summed E-state index contributed by atoms with van der Waals surface area (Å²) < 4.78 is 41.6. The zero-order valence-corrected chi connectivity index (χ0v) is 9.24. The average molecular weight is 257 g/mol. The second kappa shape index (κ2) is 4.77. The van der Waals surface area contributed by atoms with E-state index in [0.29, 0.717) is 5.56 Å². The quantitative estimate of drug-likeness (QED) is 0.916. The highest BCUT2D eigenvalue weighted by Gasteiger charge is 2.27. The van der Waals surface area contributed by atoms with Crippen LogP contribution in [0.1, 0.15) is 11.5 Å². The normalized spacial score (nSPS) is 11.8. The molecule has 0 radical (unpaired) electrons. The van der Waals surface area contributed by atoms with Crippen LogP contribution in [-0.2, 0) is 13.0 Å². The highest BCUT2D eigenvalue weighted by Crippen LogP contribution is 2.24. The van der Waals surface area contributed by atoms with Gasteiger partial charge in [-0.05, 0) is 11.6 Å². The van der Waals surface area contributed by atoms with Gasteiger partial charge in [0.25, 0.3) is 0 Å². The predicted octanol–water partition coefficient (Wildman–Crippen LogP) is 2.30. The minimum Gasteiger partial charge on any atom is -0.338 e. The average Bonchev–Trinajstić information content (AvgIpc) is 2.75. The van der Waals surface area contributed by atoms with Crippen LogP contribution < -0.4 is 5.73 Å². The molecule has 96 valence electrons. The smallest absolute Gasteiger partial charge is 0.338 e. The van der Waals surface area contributed by atoms with Gasteiger partial charge in [0.05, 0.1) is 13.0 Å². The van der Waals surface area contributed by atoms with Gasteiger partial charge in [0.2, 0.25) is 11.7 Å². The maximum Gasteiger partial charge on any atom is 0.393 e. The van der Waals surface area contributed by atoms with Crippen molar-refractivity contribution in [3.63, 3.8) is 0 Å². The van der Waals surface area contributed by atoms with E-state index in [1.165, 1.54) is 18.2 Å². The Kier molecular flexibility index (Phi) is 3.33. The van der Waals surface area contributed by atoms with Crippen LogP contribution in [0.2, 0.25) is 0 Å². The van der Waals surface area contributed by atoms with Gasteiger partial charge >= 0.3 is 6.18 Å². The van der Waals surface area contributed by atoms with Crippen LogP contribution in [0.15, 0.2) is 28.8 Å². The number of nitrogens with zero attached hydrogens (tertiary/aromatic N) is 2. The van der Waals surface area contributed by atoms with Gasteiger partial charge < -0.3 is 10.3 Å². The van der Waals surface area contributed by atoms with E-state index in [4.69, 9.17) is 10.3 Å². The molecule has 0 saturated carbocycles. The lowest BCUT2D eigenvalue weighted by atomic mass is 10.1. The Labute approximate surface area is 101 Å². The Hall–Kier alpha value is -1.89. The second-order valence-electron chi connectivity index (χ2n) is 3.71. The third-order valence-electron chi connectivity index (χ3n) is 2.23. The van der Waals surface area contributed by atoms with Crippen molar-refractivity contribution in [2.24, 2.45) is 5.73 Å². The molecular weight excluding hydrogens is 247 g/mol. The van der Waals surface area contributed by atoms with E-state index in [0.717, 1.165) is 0 Å². The number of alkyl halides is 3. The molecule has 0 saturated heterocycles. The lowest BCUT2D eigenvalue weighted by Gasteiger charge is -2.06. The van der Waals surface area contributed by atoms with E-state index in [2.05, 4.69) is 10.1 Å². The summed E-state index contributed by atoms with van der Waals surface area (Å²) in [7, 11) is 0. The highest BCUT2D eigenvalue weighted by molar-refractivity contribution is 5.55. The van der Waals surface area contributed by atoms with E-state index in [9.17, 15) is 13.2 Å². The van der Waals surface area contributed by atoms with Crippen LogP contribution in [0.5, 0.6) is 0 Å². The van der Waals surface area contributed by atoms with Crippen molar-refractivity contribution in [1.82, 2.24) is 10.1 Å². The summed E-state index contributed by atoms with van der Waals surface area (Å²) in [5.41, 5.74) is 5.93. The number of hydrogen-bond donors (Lipinski definition) is 1. The molecule has 2 rings (SSSR count). The molecule has 4 nitrogen and oxygen atoms in total. The SMILES string of the molecule is NCc1nc(-c2cccc(CC(F)(F)F)c2)no1. The lowest BCUT2D eigenvalue weighted by Crippen LogP contribution is -2.11. The van der Waals surface area contributed by atoms with Crippen LogP contribution in [0, 0.1) is 0 Å². The molecule has 1 aromatic carbocycles. The van der Waals surface area contributed by atoms with E-state index in [1.807, 2.05) is 0 Å². The Bertz CT molecular complexity index is 536. The van der Waals surface area contributed by atoms with E-state index in [1.54, 1.807) is 6.07 Å². The number of rotatable bonds is 3. The molecular formula is C11H10F3N3O. The Morgan fingerprint density at radius 1 is 1.28 bits per heavy atom. The highest BCUT2D eigenvalue weighted by atomic mass is 19.4. The van der Waals surface area contributed by atoms with E-state index >= 15 is 0 Å². The molecule has 18 heavy (non-hydrogen) atoms. The van der Waals surface area contributed by atoms with Gasteiger partial charge in [0, 0.05) is 5.56 Å². The fraction of sp³-hybridized carbons (Fsp3) is 0.273. The number of aromatic nitrogens is 2. The molecule has 0 unspecified atom stereocenters. The molecule has 0 fully saturated rings. The first kappa shape index (κ1) is 12.6.